The number of halogens is 3. The third kappa shape index (κ3) is 5.36. The van der Waals surface area contributed by atoms with Gasteiger partial charge in [0, 0.05) is 31.5 Å². The van der Waals surface area contributed by atoms with E-state index in [9.17, 15) is 26.4 Å². The number of hydrogen-bond acceptors (Lipinski definition) is 7. The minimum absolute atomic E-state index is 0.00412. The Kier molecular flexibility index (Phi) is 6.59. The normalized spacial score (nSPS) is 18.4. The zero-order valence-corrected chi connectivity index (χ0v) is 17.2. The molecule has 0 aromatic carbocycles. The van der Waals surface area contributed by atoms with Gasteiger partial charge in [0.25, 0.3) is 15.9 Å². The fourth-order valence-corrected chi connectivity index (χ4v) is 3.59. The van der Waals surface area contributed by atoms with Crippen molar-refractivity contribution in [2.45, 2.75) is 30.7 Å². The SMILES string of the molecule is C[C@H]1CCN(N(C(=O)c2cccnc2C(F)(F)F)c2ccnc(S(N)(=O)=O)c2)CCO1. The number of carbonyl (C=O) groups is 1. The minimum atomic E-state index is -4.86. The predicted molar refractivity (Wildman–Crippen MR) is 103 cm³/mol. The van der Waals surface area contributed by atoms with Crippen molar-refractivity contribution in [3.05, 3.63) is 47.9 Å². The largest absolute Gasteiger partial charge is 0.434 e. The van der Waals surface area contributed by atoms with Crippen LogP contribution in [0.3, 0.4) is 0 Å². The van der Waals surface area contributed by atoms with Gasteiger partial charge in [-0.15, -0.1) is 0 Å². The first kappa shape index (κ1) is 23.1. The Morgan fingerprint density at radius 2 is 2.00 bits per heavy atom. The van der Waals surface area contributed by atoms with Gasteiger partial charge in [0.1, 0.15) is 0 Å². The zero-order valence-electron chi connectivity index (χ0n) is 16.4. The van der Waals surface area contributed by atoms with E-state index in [1.54, 1.807) is 0 Å². The van der Waals surface area contributed by atoms with E-state index in [1.807, 2.05) is 6.92 Å². The van der Waals surface area contributed by atoms with Crippen LogP contribution in [0.15, 0.2) is 41.7 Å². The fourth-order valence-electron chi connectivity index (χ4n) is 3.10. The molecular formula is C18H20F3N5O4S. The Balaban J connectivity index is 2.13. The Hall–Kier alpha value is -2.61. The lowest BCUT2D eigenvalue weighted by molar-refractivity contribution is -0.141. The number of primary sulfonamides is 1. The van der Waals surface area contributed by atoms with Crippen LogP contribution in [0.4, 0.5) is 18.9 Å². The molecule has 31 heavy (non-hydrogen) atoms. The molecule has 1 aliphatic rings. The van der Waals surface area contributed by atoms with Crippen molar-refractivity contribution in [3.63, 3.8) is 0 Å². The highest BCUT2D eigenvalue weighted by atomic mass is 32.2. The standard InChI is InChI=1S/C18H20F3N5O4S/c1-12-5-8-25(9-10-30-12)26(13-4-7-23-15(11-13)31(22,28)29)17(27)14-3-2-6-24-16(14)18(19,20)21/h2-4,6-7,11-12H,5,8-10H2,1H3,(H2,22,28,29)/t12-/m0/s1. The van der Waals surface area contributed by atoms with Crippen molar-refractivity contribution < 1.29 is 31.1 Å². The van der Waals surface area contributed by atoms with Crippen molar-refractivity contribution >= 4 is 21.6 Å². The molecule has 1 atom stereocenters. The van der Waals surface area contributed by atoms with Crippen molar-refractivity contribution in [3.8, 4) is 0 Å². The molecule has 2 N–H and O–H groups in total. The van der Waals surface area contributed by atoms with Gasteiger partial charge in [-0.3, -0.25) is 9.78 Å². The van der Waals surface area contributed by atoms with Gasteiger partial charge in [-0.2, -0.15) is 13.2 Å². The van der Waals surface area contributed by atoms with Crippen LogP contribution < -0.4 is 10.1 Å². The van der Waals surface area contributed by atoms with Crippen LogP contribution in [-0.2, 0) is 20.9 Å². The molecule has 0 saturated carbocycles. The highest BCUT2D eigenvalue weighted by Gasteiger charge is 2.39. The van der Waals surface area contributed by atoms with E-state index in [4.69, 9.17) is 9.88 Å². The molecule has 0 unspecified atom stereocenters. The van der Waals surface area contributed by atoms with Gasteiger partial charge < -0.3 is 4.74 Å². The van der Waals surface area contributed by atoms with E-state index < -0.39 is 38.4 Å². The summed E-state index contributed by atoms with van der Waals surface area (Å²) < 4.78 is 69.5. The van der Waals surface area contributed by atoms with Crippen LogP contribution in [-0.4, -0.2) is 55.1 Å². The maximum atomic E-state index is 13.5. The van der Waals surface area contributed by atoms with Gasteiger partial charge in [-0.1, -0.05) is 0 Å². The zero-order chi connectivity index (χ0) is 22.8. The second-order valence-electron chi connectivity index (χ2n) is 6.84. The maximum absolute atomic E-state index is 13.5. The number of rotatable bonds is 4. The molecule has 3 rings (SSSR count). The first-order chi connectivity index (χ1) is 14.5. The molecular weight excluding hydrogens is 439 g/mol. The average Bonchev–Trinajstić information content (AvgIpc) is 2.91. The highest BCUT2D eigenvalue weighted by Crippen LogP contribution is 2.32. The molecule has 13 heteroatoms. The van der Waals surface area contributed by atoms with Gasteiger partial charge in [0.05, 0.1) is 24.0 Å². The molecule has 0 radical (unpaired) electrons. The third-order valence-corrected chi connectivity index (χ3v) is 5.39. The second-order valence-corrected chi connectivity index (χ2v) is 8.34. The summed E-state index contributed by atoms with van der Waals surface area (Å²) >= 11 is 0. The van der Waals surface area contributed by atoms with Crippen molar-refractivity contribution in [2.24, 2.45) is 5.14 Å². The number of pyridine rings is 2. The number of carbonyl (C=O) groups excluding carboxylic acids is 1. The van der Waals surface area contributed by atoms with Crippen LogP contribution in [0, 0.1) is 0 Å². The number of hydrazine groups is 1. The summed E-state index contributed by atoms with van der Waals surface area (Å²) in [4.78, 5) is 20.4. The van der Waals surface area contributed by atoms with Crippen LogP contribution in [0.5, 0.6) is 0 Å². The lowest BCUT2D eigenvalue weighted by Crippen LogP contribution is -2.48. The Morgan fingerprint density at radius 1 is 1.26 bits per heavy atom. The number of aromatic nitrogens is 2. The van der Waals surface area contributed by atoms with E-state index in [-0.39, 0.29) is 31.5 Å². The van der Waals surface area contributed by atoms with Crippen LogP contribution >= 0.6 is 0 Å². The van der Waals surface area contributed by atoms with E-state index in [2.05, 4.69) is 9.97 Å². The van der Waals surface area contributed by atoms with Crippen molar-refractivity contribution in [2.75, 3.05) is 24.7 Å². The lowest BCUT2D eigenvalue weighted by atomic mass is 10.1. The van der Waals surface area contributed by atoms with E-state index in [0.717, 1.165) is 29.5 Å². The second kappa shape index (κ2) is 8.86. The molecule has 1 aliphatic heterocycles. The van der Waals surface area contributed by atoms with Crippen LogP contribution in [0.1, 0.15) is 29.4 Å². The quantitative estimate of drug-likeness (QED) is 0.741. The van der Waals surface area contributed by atoms with Gasteiger partial charge in [-0.05, 0) is 31.5 Å². The number of sulfonamides is 1. The minimum Gasteiger partial charge on any atom is -0.377 e. The molecule has 1 amide bonds. The summed E-state index contributed by atoms with van der Waals surface area (Å²) in [5, 5.41) is 7.10. The number of nitrogens with two attached hydrogens (primary N) is 1. The smallest absolute Gasteiger partial charge is 0.377 e. The molecule has 1 saturated heterocycles. The molecule has 0 spiro atoms. The predicted octanol–water partition coefficient (Wildman–Crippen LogP) is 1.82. The number of nitrogens with zero attached hydrogens (tertiary/aromatic N) is 4. The maximum Gasteiger partial charge on any atom is 0.434 e. The molecule has 0 bridgehead atoms. The van der Waals surface area contributed by atoms with Gasteiger partial charge in [0.2, 0.25) is 0 Å². The monoisotopic (exact) mass is 459 g/mol. The summed E-state index contributed by atoms with van der Waals surface area (Å²) in [7, 11) is -4.21. The van der Waals surface area contributed by atoms with Gasteiger partial charge in [-0.25, -0.2) is 28.6 Å². The van der Waals surface area contributed by atoms with E-state index >= 15 is 0 Å². The molecule has 3 heterocycles. The molecule has 0 aliphatic carbocycles. The molecule has 9 nitrogen and oxygen atoms in total. The summed E-state index contributed by atoms with van der Waals surface area (Å²) in [5.74, 6) is -1.03. The van der Waals surface area contributed by atoms with Crippen LogP contribution in [0.25, 0.3) is 0 Å². The first-order valence-corrected chi connectivity index (χ1v) is 10.7. The summed E-state index contributed by atoms with van der Waals surface area (Å²) in [6, 6.07) is 4.58. The fraction of sp³-hybridized carbons (Fsp3) is 0.389. The summed E-state index contributed by atoms with van der Waals surface area (Å²) in [6.07, 6.45) is -2.44. The lowest BCUT2D eigenvalue weighted by Gasteiger charge is -2.34. The van der Waals surface area contributed by atoms with E-state index in [1.165, 1.54) is 17.1 Å². The van der Waals surface area contributed by atoms with Crippen molar-refractivity contribution in [1.82, 2.24) is 15.0 Å². The highest BCUT2D eigenvalue weighted by molar-refractivity contribution is 7.89. The number of ether oxygens (including phenoxy) is 1. The third-order valence-electron chi connectivity index (χ3n) is 4.58. The summed E-state index contributed by atoms with van der Waals surface area (Å²) in [5.41, 5.74) is -2.03. The first-order valence-electron chi connectivity index (χ1n) is 9.20. The van der Waals surface area contributed by atoms with Gasteiger partial charge >= 0.3 is 6.18 Å². The number of amides is 1. The number of hydrogen-bond donors (Lipinski definition) is 1. The topological polar surface area (TPSA) is 119 Å². The van der Waals surface area contributed by atoms with Crippen LogP contribution in [0.2, 0.25) is 0 Å². The molecule has 168 valence electrons. The Morgan fingerprint density at radius 3 is 2.68 bits per heavy atom. The van der Waals surface area contributed by atoms with Crippen molar-refractivity contribution in [1.29, 1.82) is 0 Å². The summed E-state index contributed by atoms with van der Waals surface area (Å²) in [6.45, 7) is 2.52. The Bertz CT molecular complexity index is 1060. The molecule has 1 fully saturated rings. The average molecular weight is 459 g/mol. The Labute approximate surface area is 176 Å². The number of alkyl halides is 3. The van der Waals surface area contributed by atoms with E-state index in [0.29, 0.717) is 6.42 Å². The number of anilines is 1. The molecule has 2 aromatic heterocycles. The van der Waals surface area contributed by atoms with Gasteiger partial charge in [0.15, 0.2) is 10.7 Å². The molecule has 2 aromatic rings.